The molecule has 2 amide bonds. The molecular weight excluding hydrogens is 426 g/mol. The first-order valence-corrected chi connectivity index (χ1v) is 11.6. The Balaban J connectivity index is 1.68. The van der Waals surface area contributed by atoms with Crippen LogP contribution in [0.25, 0.3) is 5.57 Å². The monoisotopic (exact) mass is 455 g/mol. The summed E-state index contributed by atoms with van der Waals surface area (Å²) in [6.45, 7) is 7.09. The SMILES string of the molecule is CCCOc1ccc(C2=C(Nc3ccc(C(C)C)cc3)C(=O)N(Cc3cccnc3)C2=O)cc1. The average Bonchev–Trinajstić information content (AvgIpc) is 3.08. The number of pyridine rings is 1. The highest BCUT2D eigenvalue weighted by Crippen LogP contribution is 2.32. The summed E-state index contributed by atoms with van der Waals surface area (Å²) in [5.74, 6) is 0.441. The molecule has 0 saturated carbocycles. The van der Waals surface area contributed by atoms with Gasteiger partial charge in [0.1, 0.15) is 11.4 Å². The van der Waals surface area contributed by atoms with Gasteiger partial charge in [-0.05, 0) is 59.4 Å². The number of amides is 2. The summed E-state index contributed by atoms with van der Waals surface area (Å²) in [5.41, 5.74) is 4.03. The number of aromatic nitrogens is 1. The van der Waals surface area contributed by atoms with E-state index in [-0.39, 0.29) is 24.1 Å². The molecule has 1 aliphatic rings. The summed E-state index contributed by atoms with van der Waals surface area (Å²) in [6, 6.07) is 18.9. The molecule has 6 heteroatoms. The van der Waals surface area contributed by atoms with Crippen molar-refractivity contribution < 1.29 is 14.3 Å². The Hall–Kier alpha value is -3.93. The predicted molar refractivity (Wildman–Crippen MR) is 133 cm³/mol. The normalized spacial score (nSPS) is 13.7. The first-order valence-electron chi connectivity index (χ1n) is 11.6. The van der Waals surface area contributed by atoms with Gasteiger partial charge in [0.05, 0.1) is 18.7 Å². The highest BCUT2D eigenvalue weighted by Gasteiger charge is 2.39. The van der Waals surface area contributed by atoms with Crippen molar-refractivity contribution in [3.05, 3.63) is 95.4 Å². The van der Waals surface area contributed by atoms with Gasteiger partial charge in [-0.2, -0.15) is 0 Å². The lowest BCUT2D eigenvalue weighted by Crippen LogP contribution is -2.32. The smallest absolute Gasteiger partial charge is 0.278 e. The maximum Gasteiger partial charge on any atom is 0.278 e. The van der Waals surface area contributed by atoms with E-state index < -0.39 is 0 Å². The summed E-state index contributed by atoms with van der Waals surface area (Å²) in [5, 5.41) is 3.22. The number of imide groups is 1. The van der Waals surface area contributed by atoms with Gasteiger partial charge in [-0.15, -0.1) is 0 Å². The Labute approximate surface area is 200 Å². The minimum absolute atomic E-state index is 0.157. The molecule has 1 aromatic heterocycles. The van der Waals surface area contributed by atoms with Gasteiger partial charge in [0.25, 0.3) is 11.8 Å². The summed E-state index contributed by atoms with van der Waals surface area (Å²) >= 11 is 0. The Morgan fingerprint density at radius 1 is 0.971 bits per heavy atom. The van der Waals surface area contributed by atoms with E-state index in [0.29, 0.717) is 23.7 Å². The maximum absolute atomic E-state index is 13.5. The fourth-order valence-corrected chi connectivity index (χ4v) is 3.81. The van der Waals surface area contributed by atoms with Crippen LogP contribution in [0.1, 0.15) is 49.8 Å². The quantitative estimate of drug-likeness (QED) is 0.438. The predicted octanol–water partition coefficient (Wildman–Crippen LogP) is 5.39. The Morgan fingerprint density at radius 2 is 1.71 bits per heavy atom. The zero-order valence-electron chi connectivity index (χ0n) is 19.7. The van der Waals surface area contributed by atoms with Crippen LogP contribution >= 0.6 is 0 Å². The van der Waals surface area contributed by atoms with E-state index in [1.165, 1.54) is 10.5 Å². The van der Waals surface area contributed by atoms with Crippen molar-refractivity contribution >= 4 is 23.1 Å². The standard InChI is InChI=1S/C28H29N3O3/c1-4-16-34-24-13-9-22(10-14-24)25-26(30-23-11-7-21(8-12-23)19(2)3)28(33)31(27(25)32)18-20-6-5-15-29-17-20/h5-15,17,19,30H,4,16,18H2,1-3H3. The van der Waals surface area contributed by atoms with E-state index in [9.17, 15) is 9.59 Å². The van der Waals surface area contributed by atoms with Gasteiger partial charge >= 0.3 is 0 Å². The molecule has 0 saturated heterocycles. The molecule has 0 unspecified atom stereocenters. The van der Waals surface area contributed by atoms with Gasteiger partial charge < -0.3 is 10.1 Å². The number of nitrogens with zero attached hydrogens (tertiary/aromatic N) is 2. The van der Waals surface area contributed by atoms with Crippen molar-refractivity contribution in [3.63, 3.8) is 0 Å². The third-order valence-corrected chi connectivity index (χ3v) is 5.69. The van der Waals surface area contributed by atoms with Gasteiger partial charge in [0.15, 0.2) is 0 Å². The first kappa shape index (κ1) is 23.2. The second kappa shape index (κ2) is 10.3. The minimum Gasteiger partial charge on any atom is -0.494 e. The zero-order valence-corrected chi connectivity index (χ0v) is 19.7. The van der Waals surface area contributed by atoms with Crippen molar-refractivity contribution in [2.75, 3.05) is 11.9 Å². The lowest BCUT2D eigenvalue weighted by atomic mass is 10.0. The van der Waals surface area contributed by atoms with Gasteiger partial charge in [-0.1, -0.05) is 51.1 Å². The Morgan fingerprint density at radius 3 is 2.32 bits per heavy atom. The molecule has 1 aliphatic heterocycles. The van der Waals surface area contributed by atoms with Crippen molar-refractivity contribution in [1.29, 1.82) is 0 Å². The Bertz CT molecular complexity index is 1180. The summed E-state index contributed by atoms with van der Waals surface area (Å²) < 4.78 is 5.67. The average molecular weight is 456 g/mol. The molecule has 4 rings (SSSR count). The summed E-state index contributed by atoms with van der Waals surface area (Å²) in [7, 11) is 0. The highest BCUT2D eigenvalue weighted by atomic mass is 16.5. The van der Waals surface area contributed by atoms with Crippen molar-refractivity contribution in [2.24, 2.45) is 0 Å². The molecule has 0 fully saturated rings. The topological polar surface area (TPSA) is 71.5 Å². The van der Waals surface area contributed by atoms with Crippen LogP contribution in [-0.4, -0.2) is 28.3 Å². The number of hydrogen-bond acceptors (Lipinski definition) is 5. The van der Waals surface area contributed by atoms with Crippen LogP contribution in [0, 0.1) is 0 Å². The van der Waals surface area contributed by atoms with Crippen LogP contribution in [0.4, 0.5) is 5.69 Å². The molecule has 6 nitrogen and oxygen atoms in total. The third-order valence-electron chi connectivity index (χ3n) is 5.69. The van der Waals surface area contributed by atoms with E-state index in [0.717, 1.165) is 23.4 Å². The molecular formula is C28H29N3O3. The number of ether oxygens (including phenoxy) is 1. The largest absolute Gasteiger partial charge is 0.494 e. The van der Waals surface area contributed by atoms with Crippen LogP contribution in [0.3, 0.4) is 0 Å². The van der Waals surface area contributed by atoms with Crippen LogP contribution in [0.5, 0.6) is 5.75 Å². The molecule has 0 radical (unpaired) electrons. The fourth-order valence-electron chi connectivity index (χ4n) is 3.81. The van der Waals surface area contributed by atoms with E-state index in [1.54, 1.807) is 18.5 Å². The van der Waals surface area contributed by atoms with Gasteiger partial charge in [-0.25, -0.2) is 0 Å². The number of anilines is 1. The van der Waals surface area contributed by atoms with E-state index in [4.69, 9.17) is 4.74 Å². The molecule has 0 aliphatic carbocycles. The number of carbonyl (C=O) groups excluding carboxylic acids is 2. The maximum atomic E-state index is 13.5. The number of nitrogens with one attached hydrogen (secondary N) is 1. The molecule has 34 heavy (non-hydrogen) atoms. The van der Waals surface area contributed by atoms with E-state index in [1.807, 2.05) is 61.5 Å². The lowest BCUT2D eigenvalue weighted by molar-refractivity contribution is -0.137. The van der Waals surface area contributed by atoms with Crippen LogP contribution in [0.2, 0.25) is 0 Å². The number of rotatable bonds is 9. The molecule has 2 heterocycles. The molecule has 1 N–H and O–H groups in total. The number of benzene rings is 2. The summed E-state index contributed by atoms with van der Waals surface area (Å²) in [6.07, 6.45) is 4.24. The third kappa shape index (κ3) is 5.01. The van der Waals surface area contributed by atoms with E-state index >= 15 is 0 Å². The zero-order chi connectivity index (χ0) is 24.1. The molecule has 3 aromatic rings. The van der Waals surface area contributed by atoms with E-state index in [2.05, 4.69) is 24.1 Å². The van der Waals surface area contributed by atoms with Crippen LogP contribution in [-0.2, 0) is 16.1 Å². The van der Waals surface area contributed by atoms with Gasteiger partial charge in [0.2, 0.25) is 0 Å². The fraction of sp³-hybridized carbons (Fsp3) is 0.250. The van der Waals surface area contributed by atoms with Gasteiger partial charge in [0, 0.05) is 18.1 Å². The number of hydrogen-bond donors (Lipinski definition) is 1. The van der Waals surface area contributed by atoms with Crippen LogP contribution < -0.4 is 10.1 Å². The lowest BCUT2D eigenvalue weighted by Gasteiger charge is -2.15. The first-order chi connectivity index (χ1) is 16.5. The number of carbonyl (C=O) groups is 2. The molecule has 2 aromatic carbocycles. The summed E-state index contributed by atoms with van der Waals surface area (Å²) in [4.78, 5) is 32.3. The van der Waals surface area contributed by atoms with Crippen molar-refractivity contribution in [1.82, 2.24) is 9.88 Å². The van der Waals surface area contributed by atoms with Gasteiger partial charge in [-0.3, -0.25) is 19.5 Å². The molecule has 0 bridgehead atoms. The highest BCUT2D eigenvalue weighted by molar-refractivity contribution is 6.36. The van der Waals surface area contributed by atoms with Crippen molar-refractivity contribution in [2.45, 2.75) is 39.7 Å². The molecule has 0 atom stereocenters. The van der Waals surface area contributed by atoms with Crippen molar-refractivity contribution in [3.8, 4) is 5.75 Å². The minimum atomic E-state index is -0.358. The molecule has 0 spiro atoms. The second-order valence-corrected chi connectivity index (χ2v) is 8.58. The van der Waals surface area contributed by atoms with Crippen LogP contribution in [0.15, 0.2) is 78.8 Å². The molecule has 174 valence electrons. The second-order valence-electron chi connectivity index (χ2n) is 8.58. The Kier molecular flexibility index (Phi) is 7.07.